The van der Waals surface area contributed by atoms with Gasteiger partial charge in [0.25, 0.3) is 0 Å². The fraction of sp³-hybridized carbons (Fsp3) is 0.130. The van der Waals surface area contributed by atoms with Crippen molar-refractivity contribution in [2.24, 2.45) is 0 Å². The quantitative estimate of drug-likeness (QED) is 0.702. The minimum atomic E-state index is -0.0272. The molecule has 0 bridgehead atoms. The number of hydrogen-bond donors (Lipinski definition) is 1. The zero-order chi connectivity index (χ0) is 18.9. The number of pyridine rings is 1. The van der Waals surface area contributed by atoms with Gasteiger partial charge < -0.3 is 10.1 Å². The molecule has 0 saturated carbocycles. The third-order valence-corrected chi connectivity index (χ3v) is 3.95. The summed E-state index contributed by atoms with van der Waals surface area (Å²) in [7, 11) is 1.64. The standard InChI is InChI=1S/C23H20N2O2/c1-27-22-13-9-18(10-14-22)11-15-23(26)25-21-7-4-5-19(17-21)8-12-20-6-2-3-16-24-20/h2-7,9-10,13-14,16-17H,11,15H2,1H3,(H,25,26). The van der Waals surface area contributed by atoms with Crippen LogP contribution in [0.25, 0.3) is 0 Å². The summed E-state index contributed by atoms with van der Waals surface area (Å²) >= 11 is 0. The van der Waals surface area contributed by atoms with Crippen LogP contribution in [0.5, 0.6) is 5.75 Å². The van der Waals surface area contributed by atoms with Gasteiger partial charge in [-0.05, 0) is 60.4 Å². The molecule has 0 fully saturated rings. The van der Waals surface area contributed by atoms with Crippen molar-refractivity contribution in [3.8, 4) is 17.6 Å². The summed E-state index contributed by atoms with van der Waals surface area (Å²) in [6, 6.07) is 20.9. The molecule has 134 valence electrons. The Balaban J connectivity index is 1.57. The number of rotatable bonds is 5. The van der Waals surface area contributed by atoms with Crippen LogP contribution in [-0.2, 0) is 11.2 Å². The van der Waals surface area contributed by atoms with Crippen LogP contribution in [0.4, 0.5) is 5.69 Å². The predicted octanol–water partition coefficient (Wildman–Crippen LogP) is 4.06. The van der Waals surface area contributed by atoms with Gasteiger partial charge in [0.1, 0.15) is 11.4 Å². The molecule has 4 nitrogen and oxygen atoms in total. The Morgan fingerprint density at radius 2 is 1.89 bits per heavy atom. The fourth-order valence-corrected chi connectivity index (χ4v) is 2.52. The van der Waals surface area contributed by atoms with Gasteiger partial charge in [0.2, 0.25) is 5.91 Å². The number of ether oxygens (including phenoxy) is 1. The summed E-state index contributed by atoms with van der Waals surface area (Å²) in [4.78, 5) is 16.4. The molecule has 27 heavy (non-hydrogen) atoms. The zero-order valence-electron chi connectivity index (χ0n) is 15.1. The number of aryl methyl sites for hydroxylation is 1. The minimum absolute atomic E-state index is 0.0272. The number of nitrogens with one attached hydrogen (secondary N) is 1. The van der Waals surface area contributed by atoms with Gasteiger partial charge in [-0.2, -0.15) is 0 Å². The van der Waals surface area contributed by atoms with Crippen molar-refractivity contribution in [3.05, 3.63) is 89.7 Å². The van der Waals surface area contributed by atoms with Crippen molar-refractivity contribution in [1.82, 2.24) is 4.98 Å². The molecular formula is C23H20N2O2. The smallest absolute Gasteiger partial charge is 0.224 e. The lowest BCUT2D eigenvalue weighted by atomic mass is 10.1. The van der Waals surface area contributed by atoms with Gasteiger partial charge in [0.05, 0.1) is 7.11 Å². The number of hydrogen-bond acceptors (Lipinski definition) is 3. The number of methoxy groups -OCH3 is 1. The molecule has 0 spiro atoms. The Bertz CT molecular complexity index is 955. The molecule has 3 rings (SSSR count). The van der Waals surface area contributed by atoms with E-state index in [0.717, 1.165) is 22.6 Å². The van der Waals surface area contributed by atoms with Gasteiger partial charge in [-0.3, -0.25) is 4.79 Å². The van der Waals surface area contributed by atoms with Crippen molar-refractivity contribution in [2.45, 2.75) is 12.8 Å². The summed E-state index contributed by atoms with van der Waals surface area (Å²) in [6.45, 7) is 0. The molecule has 1 heterocycles. The van der Waals surface area contributed by atoms with Crippen LogP contribution in [0.2, 0.25) is 0 Å². The van der Waals surface area contributed by atoms with E-state index in [-0.39, 0.29) is 5.91 Å². The molecule has 0 radical (unpaired) electrons. The Morgan fingerprint density at radius 3 is 2.63 bits per heavy atom. The van der Waals surface area contributed by atoms with Crippen LogP contribution in [0.1, 0.15) is 23.2 Å². The highest BCUT2D eigenvalue weighted by atomic mass is 16.5. The summed E-state index contributed by atoms with van der Waals surface area (Å²) in [6.07, 6.45) is 2.80. The number of carbonyl (C=O) groups is 1. The van der Waals surface area contributed by atoms with Crippen molar-refractivity contribution in [3.63, 3.8) is 0 Å². The first-order valence-electron chi connectivity index (χ1n) is 8.69. The van der Waals surface area contributed by atoms with E-state index in [1.54, 1.807) is 13.3 Å². The highest BCUT2D eigenvalue weighted by molar-refractivity contribution is 5.91. The number of anilines is 1. The monoisotopic (exact) mass is 356 g/mol. The highest BCUT2D eigenvalue weighted by Crippen LogP contribution is 2.14. The van der Waals surface area contributed by atoms with Crippen molar-refractivity contribution in [1.29, 1.82) is 0 Å². The molecule has 0 aliphatic heterocycles. The number of aromatic nitrogens is 1. The van der Waals surface area contributed by atoms with E-state index in [1.165, 1.54) is 0 Å². The Kier molecular flexibility index (Phi) is 6.21. The van der Waals surface area contributed by atoms with Crippen LogP contribution in [0, 0.1) is 11.8 Å². The van der Waals surface area contributed by atoms with Crippen molar-refractivity contribution >= 4 is 11.6 Å². The second kappa shape index (κ2) is 9.21. The van der Waals surface area contributed by atoms with Crippen LogP contribution >= 0.6 is 0 Å². The van der Waals surface area contributed by atoms with E-state index < -0.39 is 0 Å². The maximum atomic E-state index is 12.2. The first-order valence-corrected chi connectivity index (χ1v) is 8.69. The molecular weight excluding hydrogens is 336 g/mol. The minimum Gasteiger partial charge on any atom is -0.497 e. The van der Waals surface area contributed by atoms with Crippen LogP contribution in [-0.4, -0.2) is 18.0 Å². The van der Waals surface area contributed by atoms with E-state index in [2.05, 4.69) is 22.1 Å². The molecule has 0 aliphatic carbocycles. The molecule has 1 aromatic heterocycles. The van der Waals surface area contributed by atoms with Crippen LogP contribution < -0.4 is 10.1 Å². The lowest BCUT2D eigenvalue weighted by Crippen LogP contribution is -2.12. The van der Waals surface area contributed by atoms with E-state index in [1.807, 2.05) is 66.7 Å². The molecule has 4 heteroatoms. The summed E-state index contributed by atoms with van der Waals surface area (Å²) in [5, 5.41) is 2.93. The Labute approximate surface area is 159 Å². The molecule has 0 atom stereocenters. The van der Waals surface area contributed by atoms with Crippen LogP contribution in [0.15, 0.2) is 72.9 Å². The SMILES string of the molecule is COc1ccc(CCC(=O)Nc2cccc(C#Cc3ccccn3)c2)cc1. The maximum absolute atomic E-state index is 12.2. The van der Waals surface area contributed by atoms with Gasteiger partial charge in [-0.15, -0.1) is 0 Å². The first-order chi connectivity index (χ1) is 13.2. The average molecular weight is 356 g/mol. The second-order valence-electron chi connectivity index (χ2n) is 5.94. The number of nitrogens with zero attached hydrogens (tertiary/aromatic N) is 1. The van der Waals surface area contributed by atoms with Gasteiger partial charge in [-0.25, -0.2) is 4.98 Å². The molecule has 0 saturated heterocycles. The van der Waals surface area contributed by atoms with Gasteiger partial charge in [-0.1, -0.05) is 30.2 Å². The topological polar surface area (TPSA) is 51.2 Å². The molecule has 2 aromatic carbocycles. The normalized spacial score (nSPS) is 9.81. The van der Waals surface area contributed by atoms with E-state index in [4.69, 9.17) is 4.74 Å². The molecule has 3 aromatic rings. The molecule has 0 aliphatic rings. The fourth-order valence-electron chi connectivity index (χ4n) is 2.52. The van der Waals surface area contributed by atoms with E-state index in [9.17, 15) is 4.79 Å². The van der Waals surface area contributed by atoms with Gasteiger partial charge in [0.15, 0.2) is 0 Å². The summed E-state index contributed by atoms with van der Waals surface area (Å²) in [5.74, 6) is 6.87. The Morgan fingerprint density at radius 1 is 1.04 bits per heavy atom. The Hall–Kier alpha value is -3.58. The lowest BCUT2D eigenvalue weighted by Gasteiger charge is -2.06. The van der Waals surface area contributed by atoms with Crippen molar-refractivity contribution in [2.75, 3.05) is 12.4 Å². The molecule has 1 N–H and O–H groups in total. The largest absolute Gasteiger partial charge is 0.497 e. The van der Waals surface area contributed by atoms with Gasteiger partial charge in [0, 0.05) is 23.9 Å². The third kappa shape index (κ3) is 5.72. The zero-order valence-corrected chi connectivity index (χ0v) is 15.1. The average Bonchev–Trinajstić information content (AvgIpc) is 2.72. The number of carbonyl (C=O) groups excluding carboxylic acids is 1. The summed E-state index contributed by atoms with van der Waals surface area (Å²) < 4.78 is 5.14. The second-order valence-corrected chi connectivity index (χ2v) is 5.94. The van der Waals surface area contributed by atoms with Gasteiger partial charge >= 0.3 is 0 Å². The van der Waals surface area contributed by atoms with E-state index in [0.29, 0.717) is 18.5 Å². The molecule has 1 amide bonds. The lowest BCUT2D eigenvalue weighted by molar-refractivity contribution is -0.116. The van der Waals surface area contributed by atoms with Crippen molar-refractivity contribution < 1.29 is 9.53 Å². The van der Waals surface area contributed by atoms with Crippen LogP contribution in [0.3, 0.4) is 0 Å². The van der Waals surface area contributed by atoms with E-state index >= 15 is 0 Å². The number of benzene rings is 2. The predicted molar refractivity (Wildman–Crippen MR) is 107 cm³/mol. The molecule has 0 unspecified atom stereocenters. The first kappa shape index (κ1) is 18.2. The highest BCUT2D eigenvalue weighted by Gasteiger charge is 2.04. The maximum Gasteiger partial charge on any atom is 0.224 e. The summed E-state index contributed by atoms with van der Waals surface area (Å²) in [5.41, 5.74) is 3.38. The number of amides is 1. The third-order valence-electron chi connectivity index (χ3n) is 3.95.